The lowest BCUT2D eigenvalue weighted by Crippen LogP contribution is -2.10. The Morgan fingerprint density at radius 3 is 1.99 bits per heavy atom. The molecule has 8 aromatic carbocycles. The van der Waals surface area contributed by atoms with E-state index in [1.165, 1.54) is 104 Å². The van der Waals surface area contributed by atoms with Crippen molar-refractivity contribution in [3.8, 4) is 0 Å². The van der Waals surface area contributed by atoms with Crippen molar-refractivity contribution < 1.29 is 8.78 Å². The summed E-state index contributed by atoms with van der Waals surface area (Å²) in [5.74, 6) is 0.493. The van der Waals surface area contributed by atoms with Gasteiger partial charge in [-0.3, -0.25) is 9.78 Å². The molecule has 20 rings (SSSR count). The van der Waals surface area contributed by atoms with Crippen LogP contribution in [0.4, 0.5) is 14.5 Å². The molecule has 0 bridgehead atoms. The molecule has 19 aromatic rings. The second kappa shape index (κ2) is 39.7. The molecule has 7 N–H and O–H groups in total. The minimum Gasteiger partial charge on any atom is -0.399 e. The molecule has 0 atom stereocenters. The molecule has 0 saturated heterocycles. The molecule has 0 unspecified atom stereocenters. The molecule has 0 amide bonds. The number of pyridine rings is 2. The SMILES string of the molecule is CCc1cc2ccccn2n1.CCc1ccc2[nH]ncc2c1.CCc1ccc2cncn2c1.CCc1nc2cc(C)ccc2s1.CCc1nc2ccc(F)cc2[nH]1.Cc1ccc2c(cnn2C)c1.Cc1ccc2nc(C)sc2c1.Cc1nc2ccc(C(C)(C)C)cc2s1.NCC1=Cc2cc(F)ccc2C1.Nc1ccc2nc[nH]c2c1. The highest BCUT2D eigenvalue weighted by Crippen LogP contribution is 2.30. The van der Waals surface area contributed by atoms with E-state index in [1.807, 2.05) is 108 Å². The normalized spacial score (nSPS) is 11.3. The molecule has 0 saturated carbocycles. The van der Waals surface area contributed by atoms with Crippen molar-refractivity contribution in [1.82, 2.24) is 73.9 Å². The average molecular weight is 1590 g/mol. The van der Waals surface area contributed by atoms with Gasteiger partial charge in [-0.25, -0.2) is 43.2 Å². The predicted molar refractivity (Wildman–Crippen MR) is 479 cm³/mol. The van der Waals surface area contributed by atoms with Gasteiger partial charge in [0.25, 0.3) is 0 Å². The van der Waals surface area contributed by atoms with Crippen molar-refractivity contribution in [2.24, 2.45) is 12.8 Å². The number of benzene rings is 8. The fourth-order valence-corrected chi connectivity index (χ4v) is 15.1. The number of halogens is 2. The van der Waals surface area contributed by atoms with E-state index in [0.29, 0.717) is 6.54 Å². The average Bonchev–Trinajstić information content (AvgIpc) is 1.73. The van der Waals surface area contributed by atoms with Crippen LogP contribution in [0.1, 0.15) is 126 Å². The van der Waals surface area contributed by atoms with E-state index in [0.717, 1.165) is 121 Å². The van der Waals surface area contributed by atoms with Gasteiger partial charge in [0.2, 0.25) is 0 Å². The summed E-state index contributed by atoms with van der Waals surface area (Å²) in [7, 11) is 1.96. The van der Waals surface area contributed by atoms with Gasteiger partial charge in [-0.05, 0) is 245 Å². The summed E-state index contributed by atoms with van der Waals surface area (Å²) in [6.45, 7) is 28.2. The van der Waals surface area contributed by atoms with Gasteiger partial charge in [0.05, 0.1) is 127 Å². The van der Waals surface area contributed by atoms with Crippen LogP contribution in [0.15, 0.2) is 231 Å². The van der Waals surface area contributed by atoms with Crippen LogP contribution in [-0.4, -0.2) is 80.4 Å². The van der Waals surface area contributed by atoms with Crippen LogP contribution in [0.5, 0.6) is 0 Å². The van der Waals surface area contributed by atoms with E-state index in [9.17, 15) is 8.78 Å². The standard InChI is InChI=1S/C12H15NS.C10H10FN.C10H11NS.C9H9FN2.4C9H10N2.C9H9NS.C7H7N3/c1-8-13-10-6-5-9(12(2,3)4)7-11(10)14-8;11-10-2-1-8-3-7(6-12)4-9(8)5-10;1-3-10-11-8-6-7(2)4-5-9(8)12-10;1-2-9-11-7-4-3-6(10)5-8(7)12-9;1-7-3-4-9-8(5-7)6-10-11(9)2;1-2-8-3-4-9-5-10-7-11(9)6-8;1-2-7-3-4-9-8(5-7)6-10-11-9;1-2-8-7-9-5-3-4-6-11(9)10-8;1-6-3-4-8-9(5-6)11-7(2)10-8;8-5-1-2-6-7(3-5)10-4-9-6/h5-7H,1-4H3;1-2,4-5H,3,6,12H2;4-6H,3H2,1-2H3;3-5H,2H2,1H3,(H,11,12);3-6H,1-2H3;3-7H,2H2,1H3;3-6H,2H2,1H3,(H,10,11);3-7H,2H2,1H3;3-5H,1-2H3;1-4H,8H2,(H,9,10). The van der Waals surface area contributed by atoms with Gasteiger partial charge in [-0.2, -0.15) is 15.3 Å². The van der Waals surface area contributed by atoms with Gasteiger partial charge in [0, 0.05) is 48.9 Å². The molecular weight excluding hydrogens is 1490 g/mol. The van der Waals surface area contributed by atoms with Crippen molar-refractivity contribution in [3.05, 3.63) is 314 Å². The van der Waals surface area contributed by atoms with Crippen LogP contribution in [0.3, 0.4) is 0 Å². The Hall–Kier alpha value is -12.0. The molecule has 1 aliphatic rings. The monoisotopic (exact) mass is 1590 g/mol. The summed E-state index contributed by atoms with van der Waals surface area (Å²) in [6.07, 6.45) is 21.1. The van der Waals surface area contributed by atoms with Crippen molar-refractivity contribution in [3.63, 3.8) is 0 Å². The topological polar surface area (TPSA) is 229 Å². The summed E-state index contributed by atoms with van der Waals surface area (Å²) in [5.41, 5.74) is 36.0. The zero-order valence-corrected chi connectivity index (χ0v) is 70.3. The number of nitrogens with one attached hydrogen (secondary N) is 3. The Bertz CT molecular complexity index is 6190. The van der Waals surface area contributed by atoms with Gasteiger partial charge in [0.1, 0.15) is 17.5 Å². The summed E-state index contributed by atoms with van der Waals surface area (Å²) in [4.78, 5) is 31.7. The fraction of sp³-hybridized carbons (Fsp3) is 0.237. The van der Waals surface area contributed by atoms with Crippen LogP contribution in [-0.2, 0) is 51.0 Å². The number of nitrogen functional groups attached to an aromatic ring is 1. The minimum absolute atomic E-state index is 0.178. The van der Waals surface area contributed by atoms with Gasteiger partial charge >= 0.3 is 0 Å². The molecule has 0 fully saturated rings. The third-order valence-corrected chi connectivity index (χ3v) is 21.8. The van der Waals surface area contributed by atoms with Gasteiger partial charge in [0.15, 0.2) is 0 Å². The van der Waals surface area contributed by atoms with Crippen molar-refractivity contribution in [1.29, 1.82) is 0 Å². The van der Waals surface area contributed by atoms with E-state index in [4.69, 9.17) is 11.5 Å². The minimum atomic E-state index is -0.228. The zero-order valence-electron chi connectivity index (χ0n) is 67.9. The number of imidazole rings is 3. The maximum atomic E-state index is 12.7. The lowest BCUT2D eigenvalue weighted by atomic mass is 9.87. The number of anilines is 1. The van der Waals surface area contributed by atoms with Crippen LogP contribution >= 0.6 is 34.0 Å². The highest BCUT2D eigenvalue weighted by Gasteiger charge is 2.15. The van der Waals surface area contributed by atoms with E-state index in [-0.39, 0.29) is 17.0 Å². The number of thiazole rings is 3. The highest BCUT2D eigenvalue weighted by molar-refractivity contribution is 7.19. The fourth-order valence-electron chi connectivity index (χ4n) is 12.4. The Labute approximate surface area is 682 Å². The highest BCUT2D eigenvalue weighted by atomic mass is 32.1. The first-order chi connectivity index (χ1) is 55.4. The second-order valence-corrected chi connectivity index (χ2v) is 32.4. The number of hydrogen-bond acceptors (Lipinski definition) is 14. The van der Waals surface area contributed by atoms with Gasteiger partial charge in [-0.15, -0.1) is 34.0 Å². The summed E-state index contributed by atoms with van der Waals surface area (Å²) >= 11 is 5.32. The van der Waals surface area contributed by atoms with Crippen molar-refractivity contribution in [2.75, 3.05) is 12.3 Å². The van der Waals surface area contributed by atoms with Gasteiger partial charge < -0.3 is 25.8 Å². The largest absolute Gasteiger partial charge is 0.399 e. The number of rotatable bonds is 6. The summed E-state index contributed by atoms with van der Waals surface area (Å²) in [6, 6.07) is 59.5. The Morgan fingerprint density at radius 1 is 0.548 bits per heavy atom. The van der Waals surface area contributed by atoms with Crippen LogP contribution in [0, 0.1) is 46.3 Å². The molecule has 11 aromatic heterocycles. The Balaban J connectivity index is 0.000000126. The van der Waals surface area contributed by atoms with Crippen molar-refractivity contribution in [2.45, 2.75) is 134 Å². The number of aromatic amines is 3. The number of hydrogen-bond donors (Lipinski definition) is 5. The lowest BCUT2D eigenvalue weighted by molar-refractivity contribution is 0.591. The number of H-pyrrole nitrogens is 3. The summed E-state index contributed by atoms with van der Waals surface area (Å²) in [5, 5.41) is 21.3. The maximum absolute atomic E-state index is 12.7. The molecule has 0 spiro atoms. The number of aromatic nitrogens is 15. The zero-order chi connectivity index (χ0) is 81.7. The first-order valence-corrected chi connectivity index (χ1v) is 41.1. The van der Waals surface area contributed by atoms with E-state index in [2.05, 4.69) is 258 Å². The van der Waals surface area contributed by atoms with E-state index >= 15 is 0 Å². The maximum Gasteiger partial charge on any atom is 0.125 e. The molecule has 22 heteroatoms. The molecule has 590 valence electrons. The quantitative estimate of drug-likeness (QED) is 0.0983. The van der Waals surface area contributed by atoms with Gasteiger partial charge in [-0.1, -0.05) is 121 Å². The first-order valence-electron chi connectivity index (χ1n) is 38.7. The Morgan fingerprint density at radius 2 is 1.25 bits per heavy atom. The molecule has 1 aliphatic carbocycles. The number of fused-ring (bicyclic) bond motifs is 10. The lowest BCUT2D eigenvalue weighted by Gasteiger charge is -2.18. The van der Waals surface area contributed by atoms with Crippen molar-refractivity contribution >= 4 is 131 Å². The van der Waals surface area contributed by atoms with E-state index in [1.54, 1.807) is 52.5 Å². The van der Waals surface area contributed by atoms with E-state index < -0.39 is 0 Å². The van der Waals surface area contributed by atoms with Crippen LogP contribution in [0.2, 0.25) is 0 Å². The molecule has 11 heterocycles. The molecule has 17 nitrogen and oxygen atoms in total. The Kier molecular flexibility index (Phi) is 29.0. The smallest absolute Gasteiger partial charge is 0.125 e. The predicted octanol–water partition coefficient (Wildman–Crippen LogP) is 22.9. The molecular formula is C93H101F2N17S3. The van der Waals surface area contributed by atoms with Crippen LogP contribution in [0.25, 0.3) is 91.6 Å². The number of nitrogens with two attached hydrogens (primary N) is 2. The second-order valence-electron chi connectivity index (χ2n) is 28.9. The molecule has 0 radical (unpaired) electrons. The third kappa shape index (κ3) is 23.4. The first kappa shape index (κ1) is 84.0. The third-order valence-electron chi connectivity index (χ3n) is 18.8. The summed E-state index contributed by atoms with van der Waals surface area (Å²) < 4.78 is 35.2. The number of nitrogens with zero attached hydrogens (tertiary/aromatic N) is 12. The molecule has 115 heavy (non-hydrogen) atoms. The van der Waals surface area contributed by atoms with Crippen LogP contribution < -0.4 is 11.5 Å². The molecule has 0 aliphatic heterocycles. The number of aryl methyl sites for hydroxylation is 11.